The maximum Gasteiger partial charge on any atom is 0.270 e. The van der Waals surface area contributed by atoms with Crippen LogP contribution in [0.4, 0.5) is 22.7 Å². The van der Waals surface area contributed by atoms with Crippen molar-refractivity contribution in [1.29, 1.82) is 0 Å². The first-order valence-electron chi connectivity index (χ1n) is 18.3. The molecule has 0 radical (unpaired) electrons. The molecule has 292 valence electrons. The normalized spacial score (nSPS) is 10.9. The van der Waals surface area contributed by atoms with Gasteiger partial charge in [-0.05, 0) is 83.3 Å². The van der Waals surface area contributed by atoms with Crippen LogP contribution in [-0.4, -0.2) is 32.3 Å². The average Bonchev–Trinajstić information content (AvgIpc) is 3.20. The molecule has 0 aromatic heterocycles. The van der Waals surface area contributed by atoms with Crippen LogP contribution in [0.1, 0.15) is 110 Å². The van der Waals surface area contributed by atoms with Crippen molar-refractivity contribution >= 4 is 47.5 Å². The van der Waals surface area contributed by atoms with Crippen LogP contribution in [0.25, 0.3) is 34.4 Å². The number of aldehydes is 2. The Morgan fingerprint density at radius 2 is 0.714 bits per heavy atom. The standard InChI is InChI=1S/C28H36N2O4.C14H8N2O6/c1-3-5-7-9-11-13-15-23-21-25(29(31)32)17-19-27(23)28-20-18-26(30(33)34)22-24(28)16-14-12-10-8-6-4-2;17-7-9-5-11(15(19)20)1-3-13(9)14-4-2-12(16(21)22)6-10(14)8-18/h13-22H,3-12H2,1-2H3;1-8H/b15-13+,16-14+;. The second-order valence-corrected chi connectivity index (χ2v) is 12.9. The van der Waals surface area contributed by atoms with E-state index >= 15 is 0 Å². The first-order valence-corrected chi connectivity index (χ1v) is 18.3. The minimum Gasteiger partial charge on any atom is -0.298 e. The zero-order valence-electron chi connectivity index (χ0n) is 31.3. The van der Waals surface area contributed by atoms with Crippen LogP contribution in [0.5, 0.6) is 0 Å². The Morgan fingerprint density at radius 3 is 0.982 bits per heavy atom. The van der Waals surface area contributed by atoms with E-state index in [4.69, 9.17) is 0 Å². The number of rotatable bonds is 20. The lowest BCUT2D eigenvalue weighted by molar-refractivity contribution is -0.385. The van der Waals surface area contributed by atoms with Gasteiger partial charge in [0.15, 0.2) is 12.6 Å². The molecule has 14 heteroatoms. The van der Waals surface area contributed by atoms with E-state index in [0.29, 0.717) is 12.6 Å². The highest BCUT2D eigenvalue weighted by atomic mass is 16.6. The molecule has 0 fully saturated rings. The van der Waals surface area contributed by atoms with E-state index in [1.807, 2.05) is 12.2 Å². The van der Waals surface area contributed by atoms with Crippen LogP contribution in [0.15, 0.2) is 84.9 Å². The smallest absolute Gasteiger partial charge is 0.270 e. The Labute approximate surface area is 324 Å². The largest absolute Gasteiger partial charge is 0.298 e. The number of nitrogens with zero attached hydrogens (tertiary/aromatic N) is 4. The number of hydrogen-bond donors (Lipinski definition) is 0. The van der Waals surface area contributed by atoms with Gasteiger partial charge < -0.3 is 0 Å². The molecular formula is C42H44N4O10. The number of carbonyl (C=O) groups excluding carboxylic acids is 2. The topological polar surface area (TPSA) is 207 Å². The van der Waals surface area contributed by atoms with E-state index in [1.165, 1.54) is 62.1 Å². The van der Waals surface area contributed by atoms with Crippen molar-refractivity contribution in [1.82, 2.24) is 0 Å². The Hall–Kier alpha value is -6.70. The lowest BCUT2D eigenvalue weighted by Gasteiger charge is -2.11. The molecule has 4 rings (SSSR count). The first-order chi connectivity index (χ1) is 26.9. The lowest BCUT2D eigenvalue weighted by Crippen LogP contribution is -1.97. The summed E-state index contributed by atoms with van der Waals surface area (Å²) in [7, 11) is 0. The summed E-state index contributed by atoms with van der Waals surface area (Å²) in [5, 5.41) is 44.2. The highest BCUT2D eigenvalue weighted by Crippen LogP contribution is 2.34. The van der Waals surface area contributed by atoms with E-state index in [-0.39, 0.29) is 45.0 Å². The van der Waals surface area contributed by atoms with Crippen LogP contribution in [-0.2, 0) is 0 Å². The minimum atomic E-state index is -0.646. The third-order valence-corrected chi connectivity index (χ3v) is 8.86. The third kappa shape index (κ3) is 12.7. The van der Waals surface area contributed by atoms with E-state index < -0.39 is 19.7 Å². The summed E-state index contributed by atoms with van der Waals surface area (Å²) in [5.74, 6) is 0. The van der Waals surface area contributed by atoms with Gasteiger partial charge in [-0.25, -0.2) is 0 Å². The second kappa shape index (κ2) is 22.5. The fraction of sp³-hybridized carbons (Fsp3) is 0.286. The van der Waals surface area contributed by atoms with Crippen molar-refractivity contribution in [3.63, 3.8) is 0 Å². The number of hydrogen-bond acceptors (Lipinski definition) is 10. The number of non-ortho nitro benzene ring substituents is 4. The number of unbranched alkanes of at least 4 members (excludes halogenated alkanes) is 8. The maximum atomic E-state index is 11.4. The molecule has 0 saturated heterocycles. The lowest BCUT2D eigenvalue weighted by atomic mass is 9.93. The van der Waals surface area contributed by atoms with Gasteiger partial charge in [0.05, 0.1) is 19.7 Å². The zero-order chi connectivity index (χ0) is 41.0. The Kier molecular flexibility index (Phi) is 17.6. The quantitative estimate of drug-likeness (QED) is 0.0360. The van der Waals surface area contributed by atoms with Crippen molar-refractivity contribution in [2.24, 2.45) is 0 Å². The van der Waals surface area contributed by atoms with Crippen molar-refractivity contribution < 1.29 is 29.3 Å². The van der Waals surface area contributed by atoms with E-state index in [1.54, 1.807) is 24.3 Å². The Bertz CT molecular complexity index is 1960. The number of benzene rings is 4. The van der Waals surface area contributed by atoms with Crippen LogP contribution < -0.4 is 0 Å². The van der Waals surface area contributed by atoms with Crippen molar-refractivity contribution in [3.8, 4) is 22.3 Å². The predicted molar refractivity (Wildman–Crippen MR) is 217 cm³/mol. The van der Waals surface area contributed by atoms with Gasteiger partial charge in [-0.3, -0.25) is 50.0 Å². The molecule has 0 aliphatic rings. The van der Waals surface area contributed by atoms with Crippen LogP contribution >= 0.6 is 0 Å². The Morgan fingerprint density at radius 1 is 0.429 bits per heavy atom. The molecule has 0 unspecified atom stereocenters. The molecule has 0 amide bonds. The van der Waals surface area contributed by atoms with Crippen LogP contribution in [0, 0.1) is 40.5 Å². The SMILES string of the molecule is CCCCCC/C=C/c1cc([N+](=O)[O-])ccc1-c1ccc([N+](=O)[O-])cc1/C=C/CCCCCC.O=Cc1cc([N+](=O)[O-])ccc1-c1ccc([N+](=O)[O-])cc1C=O. The molecule has 0 bridgehead atoms. The molecule has 0 N–H and O–H groups in total. The van der Waals surface area contributed by atoms with Gasteiger partial charge >= 0.3 is 0 Å². The third-order valence-electron chi connectivity index (χ3n) is 8.86. The monoisotopic (exact) mass is 764 g/mol. The van der Waals surface area contributed by atoms with E-state index in [2.05, 4.69) is 26.0 Å². The van der Waals surface area contributed by atoms with Gasteiger partial charge in [0.1, 0.15) is 0 Å². The van der Waals surface area contributed by atoms with Crippen molar-refractivity contribution in [2.45, 2.75) is 78.1 Å². The molecule has 0 saturated carbocycles. The number of nitro groups is 4. The summed E-state index contributed by atoms with van der Waals surface area (Å²) in [5.41, 5.74) is 3.31. The van der Waals surface area contributed by atoms with E-state index in [9.17, 15) is 50.0 Å². The van der Waals surface area contributed by atoms with Crippen molar-refractivity contribution in [2.75, 3.05) is 0 Å². The summed E-state index contributed by atoms with van der Waals surface area (Å²) in [6.45, 7) is 4.35. The molecule has 0 heterocycles. The molecule has 4 aromatic carbocycles. The molecule has 0 atom stereocenters. The van der Waals surface area contributed by atoms with Gasteiger partial charge in [0, 0.05) is 59.7 Å². The molecule has 4 aromatic rings. The van der Waals surface area contributed by atoms with E-state index in [0.717, 1.165) is 72.9 Å². The number of allylic oxidation sites excluding steroid dienone is 2. The second-order valence-electron chi connectivity index (χ2n) is 12.9. The van der Waals surface area contributed by atoms with Gasteiger partial charge in [-0.15, -0.1) is 0 Å². The van der Waals surface area contributed by atoms with Crippen molar-refractivity contribution in [3.05, 3.63) is 148 Å². The molecule has 0 aliphatic heterocycles. The summed E-state index contributed by atoms with van der Waals surface area (Å²) in [6.07, 6.45) is 19.9. The maximum absolute atomic E-state index is 11.4. The predicted octanol–water partition coefficient (Wildman–Crippen LogP) is 11.9. The summed E-state index contributed by atoms with van der Waals surface area (Å²) in [6, 6.07) is 16.8. The molecule has 56 heavy (non-hydrogen) atoms. The summed E-state index contributed by atoms with van der Waals surface area (Å²) < 4.78 is 0. The highest BCUT2D eigenvalue weighted by molar-refractivity contribution is 5.95. The summed E-state index contributed by atoms with van der Waals surface area (Å²) in [4.78, 5) is 64.4. The zero-order valence-corrected chi connectivity index (χ0v) is 31.3. The molecule has 14 nitrogen and oxygen atoms in total. The summed E-state index contributed by atoms with van der Waals surface area (Å²) >= 11 is 0. The van der Waals surface area contributed by atoms with Gasteiger partial charge in [-0.2, -0.15) is 0 Å². The van der Waals surface area contributed by atoms with Gasteiger partial charge in [0.2, 0.25) is 0 Å². The number of nitro benzene ring substituents is 4. The number of carbonyl (C=O) groups is 2. The van der Waals surface area contributed by atoms with Crippen LogP contribution in [0.2, 0.25) is 0 Å². The van der Waals surface area contributed by atoms with Gasteiger partial charge in [-0.1, -0.05) is 76.7 Å². The van der Waals surface area contributed by atoms with Crippen LogP contribution in [0.3, 0.4) is 0 Å². The highest BCUT2D eigenvalue weighted by Gasteiger charge is 2.18. The fourth-order valence-electron chi connectivity index (χ4n) is 5.91. The minimum absolute atomic E-state index is 0.0196. The molecule has 0 spiro atoms. The molecular weight excluding hydrogens is 720 g/mol. The fourth-order valence-corrected chi connectivity index (χ4v) is 5.91. The average molecular weight is 765 g/mol. The first kappa shape index (κ1) is 43.7. The Balaban J connectivity index is 0.000000329. The van der Waals surface area contributed by atoms with Gasteiger partial charge in [0.25, 0.3) is 22.7 Å². The molecule has 0 aliphatic carbocycles.